The van der Waals surface area contributed by atoms with Crippen LogP contribution in [0.1, 0.15) is 0 Å². The second-order valence-electron chi connectivity index (χ2n) is 6.17. The third kappa shape index (κ3) is 5.14. The molecule has 0 aliphatic carbocycles. The van der Waals surface area contributed by atoms with Crippen molar-refractivity contribution < 1.29 is 13.2 Å². The number of hydrogen-bond acceptors (Lipinski definition) is 5. The van der Waals surface area contributed by atoms with E-state index in [9.17, 15) is 8.42 Å². The molecule has 0 bridgehead atoms. The molecule has 3 aromatic carbocycles. The van der Waals surface area contributed by atoms with E-state index in [1.807, 2.05) is 0 Å². The van der Waals surface area contributed by atoms with Gasteiger partial charge in [0.2, 0.25) is 0 Å². The Morgan fingerprint density at radius 3 is 2.13 bits per heavy atom. The van der Waals surface area contributed by atoms with Crippen molar-refractivity contribution in [3.63, 3.8) is 0 Å². The van der Waals surface area contributed by atoms with Gasteiger partial charge in [-0.3, -0.25) is 4.72 Å². The largest absolute Gasteiger partial charge is 0.428 e. The average Bonchev–Trinajstić information content (AvgIpc) is 3.05. The van der Waals surface area contributed by atoms with E-state index in [0.717, 1.165) is 4.70 Å². The van der Waals surface area contributed by atoms with Gasteiger partial charge >= 0.3 is 0 Å². The van der Waals surface area contributed by atoms with Crippen molar-refractivity contribution in [1.82, 2.24) is 4.98 Å². The van der Waals surface area contributed by atoms with Gasteiger partial charge in [-0.15, -0.1) is 0 Å². The number of sulfonamides is 1. The molecule has 0 saturated heterocycles. The molecule has 160 valence electrons. The van der Waals surface area contributed by atoms with Crippen molar-refractivity contribution in [3.05, 3.63) is 73.6 Å². The average molecular weight is 555 g/mol. The van der Waals surface area contributed by atoms with Crippen LogP contribution in [0.5, 0.6) is 10.9 Å². The van der Waals surface area contributed by atoms with Crippen LogP contribution in [0.4, 0.5) is 5.69 Å². The van der Waals surface area contributed by atoms with E-state index in [1.165, 1.54) is 41.7 Å². The van der Waals surface area contributed by atoms with Crippen molar-refractivity contribution in [3.8, 4) is 10.9 Å². The fraction of sp³-hybridized carbons (Fsp3) is 0. The topological polar surface area (TPSA) is 68.3 Å². The summed E-state index contributed by atoms with van der Waals surface area (Å²) in [6, 6.07) is 12.0. The first-order valence-corrected chi connectivity index (χ1v) is 12.5. The van der Waals surface area contributed by atoms with E-state index in [1.54, 1.807) is 18.2 Å². The molecule has 4 aromatic rings. The highest BCUT2D eigenvalue weighted by atomic mass is 35.5. The Bertz CT molecular complexity index is 1380. The molecule has 31 heavy (non-hydrogen) atoms. The number of thiazole rings is 1. The molecule has 0 atom stereocenters. The lowest BCUT2D eigenvalue weighted by molar-refractivity contribution is 0.481. The Morgan fingerprint density at radius 1 is 0.839 bits per heavy atom. The second-order valence-corrected chi connectivity index (χ2v) is 11.0. The molecule has 4 rings (SSSR count). The molecule has 1 N–H and O–H groups in total. The van der Waals surface area contributed by atoms with Crippen LogP contribution in [0.2, 0.25) is 25.1 Å². The molecule has 0 aliphatic heterocycles. The van der Waals surface area contributed by atoms with Gasteiger partial charge in [-0.2, -0.15) is 0 Å². The number of hydrogen-bond donors (Lipinski definition) is 1. The molecule has 0 saturated carbocycles. The molecule has 0 spiro atoms. The molecular weight excluding hydrogens is 546 g/mol. The number of fused-ring (bicyclic) bond motifs is 1. The Morgan fingerprint density at radius 2 is 1.48 bits per heavy atom. The molecule has 0 unspecified atom stereocenters. The summed E-state index contributed by atoms with van der Waals surface area (Å²) in [4.78, 5) is 4.25. The van der Waals surface area contributed by atoms with Crippen molar-refractivity contribution >= 4 is 95.3 Å². The first-order chi connectivity index (χ1) is 14.6. The summed E-state index contributed by atoms with van der Waals surface area (Å²) in [5, 5.41) is 1.44. The number of ether oxygens (including phenoxy) is 1. The highest BCUT2D eigenvalue weighted by molar-refractivity contribution is 7.92. The maximum atomic E-state index is 12.7. The number of rotatable bonds is 5. The zero-order valence-corrected chi connectivity index (χ0v) is 20.4. The minimum atomic E-state index is -3.98. The van der Waals surface area contributed by atoms with Gasteiger partial charge in [-0.1, -0.05) is 69.3 Å². The molecule has 0 fully saturated rings. The first kappa shape index (κ1) is 22.7. The third-order valence-electron chi connectivity index (χ3n) is 3.92. The van der Waals surface area contributed by atoms with Gasteiger partial charge in [0.15, 0.2) is 5.75 Å². The Balaban J connectivity index is 1.62. The maximum absolute atomic E-state index is 12.7. The van der Waals surface area contributed by atoms with Crippen LogP contribution in [0, 0.1) is 0 Å². The number of nitrogens with zero attached hydrogens (tertiary/aromatic N) is 1. The number of aromatic nitrogens is 1. The highest BCUT2D eigenvalue weighted by Gasteiger charge is 2.19. The lowest BCUT2D eigenvalue weighted by atomic mass is 10.3. The van der Waals surface area contributed by atoms with E-state index in [-0.39, 0.29) is 36.4 Å². The number of anilines is 1. The van der Waals surface area contributed by atoms with Gasteiger partial charge in [-0.25, -0.2) is 13.4 Å². The van der Waals surface area contributed by atoms with E-state index in [0.29, 0.717) is 15.7 Å². The number of nitrogens with one attached hydrogen (secondary N) is 1. The Hall–Kier alpha value is -1.45. The summed E-state index contributed by atoms with van der Waals surface area (Å²) in [7, 11) is -3.98. The molecular formula is C19H9Cl5N2O3S2. The van der Waals surface area contributed by atoms with E-state index >= 15 is 0 Å². The monoisotopic (exact) mass is 552 g/mol. The van der Waals surface area contributed by atoms with Gasteiger partial charge in [0.05, 0.1) is 30.8 Å². The van der Waals surface area contributed by atoms with Gasteiger partial charge in [0.1, 0.15) is 0 Å². The smallest absolute Gasteiger partial charge is 0.279 e. The summed E-state index contributed by atoms with van der Waals surface area (Å²) in [6.07, 6.45) is 0. The lowest BCUT2D eigenvalue weighted by Gasteiger charge is -2.12. The minimum Gasteiger partial charge on any atom is -0.428 e. The van der Waals surface area contributed by atoms with Crippen LogP contribution in [0.15, 0.2) is 53.4 Å². The van der Waals surface area contributed by atoms with Crippen LogP contribution in [0.25, 0.3) is 10.2 Å². The molecule has 0 aliphatic rings. The van der Waals surface area contributed by atoms with Crippen LogP contribution in [0.3, 0.4) is 0 Å². The standard InChI is InChI=1S/C19H9Cl5N2O3S2/c20-9-1-2-16-17(6-9)30-19(25-16)29-18-14(23)7-12(8-15(18)24)26-31(27,28)13-4-10(21)3-11(22)5-13/h1-8,26H. The number of benzene rings is 3. The SMILES string of the molecule is O=S(=O)(Nc1cc(Cl)c(Oc2nc3ccc(Cl)cc3s2)c(Cl)c1)c1cc(Cl)cc(Cl)c1. The Labute approximate surface area is 206 Å². The predicted molar refractivity (Wildman–Crippen MR) is 128 cm³/mol. The van der Waals surface area contributed by atoms with Crippen LogP contribution in [-0.4, -0.2) is 13.4 Å². The molecule has 5 nitrogen and oxygen atoms in total. The van der Waals surface area contributed by atoms with Crippen molar-refractivity contribution in [2.75, 3.05) is 4.72 Å². The molecule has 1 heterocycles. The fourth-order valence-corrected chi connectivity index (χ4v) is 6.05. The summed E-state index contributed by atoms with van der Waals surface area (Å²) in [5.41, 5.74) is 0.843. The summed E-state index contributed by atoms with van der Waals surface area (Å²) in [6.45, 7) is 0. The normalized spacial score (nSPS) is 11.6. The minimum absolute atomic E-state index is 0.0895. The predicted octanol–water partition coefficient (Wildman–Crippen LogP) is 8.16. The summed E-state index contributed by atoms with van der Waals surface area (Å²) in [5.74, 6) is 0.141. The van der Waals surface area contributed by atoms with Gasteiger partial charge < -0.3 is 4.74 Å². The molecule has 12 heteroatoms. The fourth-order valence-electron chi connectivity index (χ4n) is 2.62. The molecule has 0 radical (unpaired) electrons. The van der Waals surface area contributed by atoms with Gasteiger partial charge in [-0.05, 0) is 48.5 Å². The van der Waals surface area contributed by atoms with Crippen molar-refractivity contribution in [2.24, 2.45) is 0 Å². The number of halogens is 5. The van der Waals surface area contributed by atoms with Crippen LogP contribution in [-0.2, 0) is 10.0 Å². The lowest BCUT2D eigenvalue weighted by Crippen LogP contribution is -2.13. The van der Waals surface area contributed by atoms with Gasteiger partial charge in [0, 0.05) is 15.1 Å². The van der Waals surface area contributed by atoms with Crippen LogP contribution < -0.4 is 9.46 Å². The highest BCUT2D eigenvalue weighted by Crippen LogP contribution is 2.41. The molecule has 0 amide bonds. The van der Waals surface area contributed by atoms with Crippen molar-refractivity contribution in [2.45, 2.75) is 4.90 Å². The van der Waals surface area contributed by atoms with Gasteiger partial charge in [0.25, 0.3) is 15.2 Å². The Kier molecular flexibility index (Phi) is 6.47. The third-order valence-corrected chi connectivity index (χ3v) is 7.41. The zero-order valence-electron chi connectivity index (χ0n) is 15.0. The van der Waals surface area contributed by atoms with E-state index < -0.39 is 10.0 Å². The second kappa shape index (κ2) is 8.83. The summed E-state index contributed by atoms with van der Waals surface area (Å²) >= 11 is 31.7. The maximum Gasteiger partial charge on any atom is 0.279 e. The first-order valence-electron chi connectivity index (χ1n) is 8.32. The molecule has 1 aromatic heterocycles. The zero-order chi connectivity index (χ0) is 22.3. The van der Waals surface area contributed by atoms with E-state index in [4.69, 9.17) is 62.7 Å². The van der Waals surface area contributed by atoms with E-state index in [2.05, 4.69) is 9.71 Å². The van der Waals surface area contributed by atoms with Crippen molar-refractivity contribution in [1.29, 1.82) is 0 Å². The summed E-state index contributed by atoms with van der Waals surface area (Å²) < 4.78 is 34.3. The van der Waals surface area contributed by atoms with Crippen LogP contribution >= 0.6 is 69.3 Å². The quantitative estimate of drug-likeness (QED) is 0.270.